The largest absolute Gasteiger partial charge is 0.489 e. The predicted molar refractivity (Wildman–Crippen MR) is 99.9 cm³/mol. The Kier molecular flexibility index (Phi) is 5.36. The molecule has 0 saturated carbocycles. The lowest BCUT2D eigenvalue weighted by molar-refractivity contribution is 0.306. The van der Waals surface area contributed by atoms with E-state index in [9.17, 15) is 0 Å². The fourth-order valence-corrected chi connectivity index (χ4v) is 2.33. The van der Waals surface area contributed by atoms with E-state index >= 15 is 0 Å². The van der Waals surface area contributed by atoms with Gasteiger partial charge in [0.15, 0.2) is 0 Å². The van der Waals surface area contributed by atoms with Gasteiger partial charge in [0.2, 0.25) is 5.95 Å². The molecule has 0 atom stereocenters. The van der Waals surface area contributed by atoms with E-state index in [4.69, 9.17) is 4.74 Å². The average molecular weight is 332 g/mol. The van der Waals surface area contributed by atoms with Crippen LogP contribution < -0.4 is 10.2 Å². The molecule has 1 heterocycles. The third-order valence-corrected chi connectivity index (χ3v) is 3.49. The molecule has 0 amide bonds. The second-order valence-corrected chi connectivity index (χ2v) is 5.69. The van der Waals surface area contributed by atoms with Gasteiger partial charge >= 0.3 is 0 Å². The number of aromatic nitrogens is 2. The Balaban J connectivity index is 1.55. The Morgan fingerprint density at radius 3 is 2.32 bits per heavy atom. The molecule has 3 rings (SSSR count). The number of hydrogen-bond acceptors (Lipinski definition) is 5. The molecule has 0 unspecified atom stereocenters. The van der Waals surface area contributed by atoms with Crippen LogP contribution in [-0.2, 0) is 6.61 Å². The van der Waals surface area contributed by atoms with Gasteiger partial charge in [-0.05, 0) is 55.3 Å². The quantitative estimate of drug-likeness (QED) is 0.545. The number of rotatable bonds is 6. The molecule has 0 saturated heterocycles. The standard InChI is InChI=1S/C20H20N4O/c1-15-12-16(2)23-20(22-15)24-21-13-17-8-10-19(11-9-17)25-14-18-6-4-3-5-7-18/h3-13H,14H2,1-2H3,(H,22,23,24)/b21-13-. The van der Waals surface area contributed by atoms with E-state index < -0.39 is 0 Å². The number of benzene rings is 2. The molecule has 0 bridgehead atoms. The predicted octanol–water partition coefficient (Wildman–Crippen LogP) is 4.12. The molecule has 25 heavy (non-hydrogen) atoms. The Labute approximate surface area is 147 Å². The van der Waals surface area contributed by atoms with Gasteiger partial charge in [-0.1, -0.05) is 30.3 Å². The lowest BCUT2D eigenvalue weighted by atomic mass is 10.2. The first-order valence-electron chi connectivity index (χ1n) is 8.07. The minimum Gasteiger partial charge on any atom is -0.489 e. The number of nitrogens with zero attached hydrogens (tertiary/aromatic N) is 3. The van der Waals surface area contributed by atoms with Crippen molar-refractivity contribution in [2.24, 2.45) is 5.10 Å². The average Bonchev–Trinajstić information content (AvgIpc) is 2.61. The van der Waals surface area contributed by atoms with Gasteiger partial charge in [-0.3, -0.25) is 0 Å². The molecule has 3 aromatic rings. The van der Waals surface area contributed by atoms with Gasteiger partial charge < -0.3 is 4.74 Å². The van der Waals surface area contributed by atoms with Crippen molar-refractivity contribution in [2.75, 3.05) is 5.43 Å². The summed E-state index contributed by atoms with van der Waals surface area (Å²) in [6.07, 6.45) is 1.72. The van der Waals surface area contributed by atoms with Crippen molar-refractivity contribution in [3.8, 4) is 5.75 Å². The van der Waals surface area contributed by atoms with Crippen LogP contribution in [0.1, 0.15) is 22.5 Å². The number of hydrogen-bond donors (Lipinski definition) is 1. The molecule has 5 nitrogen and oxygen atoms in total. The molecule has 2 aromatic carbocycles. The molecule has 126 valence electrons. The van der Waals surface area contributed by atoms with Crippen molar-refractivity contribution in [2.45, 2.75) is 20.5 Å². The highest BCUT2D eigenvalue weighted by Gasteiger charge is 1.98. The lowest BCUT2D eigenvalue weighted by Crippen LogP contribution is -1.99. The van der Waals surface area contributed by atoms with Crippen molar-refractivity contribution in [1.29, 1.82) is 0 Å². The van der Waals surface area contributed by atoms with Crippen LogP contribution in [0.25, 0.3) is 0 Å². The summed E-state index contributed by atoms with van der Waals surface area (Å²) in [5.74, 6) is 1.32. The third kappa shape index (κ3) is 5.14. The van der Waals surface area contributed by atoms with Crippen LogP contribution in [0.3, 0.4) is 0 Å². The molecule has 0 fully saturated rings. The number of nitrogens with one attached hydrogen (secondary N) is 1. The van der Waals surface area contributed by atoms with Crippen LogP contribution in [0.4, 0.5) is 5.95 Å². The van der Waals surface area contributed by atoms with Crippen LogP contribution in [0, 0.1) is 13.8 Å². The fraction of sp³-hybridized carbons (Fsp3) is 0.150. The Morgan fingerprint density at radius 1 is 0.960 bits per heavy atom. The first-order chi connectivity index (χ1) is 12.2. The molecule has 0 aliphatic heterocycles. The SMILES string of the molecule is Cc1cc(C)nc(N/N=C\c2ccc(OCc3ccccc3)cc2)n1. The maximum atomic E-state index is 5.77. The lowest BCUT2D eigenvalue weighted by Gasteiger charge is -2.06. The van der Waals surface area contributed by atoms with Gasteiger partial charge in [0.25, 0.3) is 0 Å². The Morgan fingerprint density at radius 2 is 1.64 bits per heavy atom. The molecule has 0 aliphatic carbocycles. The molecule has 0 radical (unpaired) electrons. The van der Waals surface area contributed by atoms with Crippen molar-refractivity contribution < 1.29 is 4.74 Å². The summed E-state index contributed by atoms with van der Waals surface area (Å²) < 4.78 is 5.77. The van der Waals surface area contributed by atoms with Gasteiger partial charge in [-0.2, -0.15) is 5.10 Å². The molecular weight excluding hydrogens is 312 g/mol. The third-order valence-electron chi connectivity index (χ3n) is 3.49. The Hall–Kier alpha value is -3.21. The fourth-order valence-electron chi connectivity index (χ4n) is 2.33. The summed E-state index contributed by atoms with van der Waals surface area (Å²) in [7, 11) is 0. The maximum Gasteiger partial charge on any atom is 0.243 e. The van der Waals surface area contributed by atoms with Crippen LogP contribution in [0.15, 0.2) is 65.8 Å². The van der Waals surface area contributed by atoms with Crippen molar-refractivity contribution in [3.05, 3.63) is 83.2 Å². The molecule has 5 heteroatoms. The smallest absolute Gasteiger partial charge is 0.243 e. The maximum absolute atomic E-state index is 5.77. The normalized spacial score (nSPS) is 10.8. The highest BCUT2D eigenvalue weighted by Crippen LogP contribution is 2.13. The first kappa shape index (κ1) is 16.6. The minimum atomic E-state index is 0.497. The number of ether oxygens (including phenoxy) is 1. The van der Waals surface area contributed by atoms with E-state index in [0.29, 0.717) is 12.6 Å². The molecule has 0 aliphatic rings. The summed E-state index contributed by atoms with van der Waals surface area (Å²) in [4.78, 5) is 8.55. The molecule has 1 N–H and O–H groups in total. The number of anilines is 1. The van der Waals surface area contributed by atoms with E-state index in [-0.39, 0.29) is 0 Å². The second-order valence-electron chi connectivity index (χ2n) is 5.69. The van der Waals surface area contributed by atoms with E-state index in [2.05, 4.69) is 20.5 Å². The first-order valence-corrected chi connectivity index (χ1v) is 8.07. The zero-order chi connectivity index (χ0) is 17.5. The van der Waals surface area contributed by atoms with Crippen molar-refractivity contribution >= 4 is 12.2 Å². The summed E-state index contributed by atoms with van der Waals surface area (Å²) in [5.41, 5.74) is 6.77. The van der Waals surface area contributed by atoms with Crippen molar-refractivity contribution in [1.82, 2.24) is 9.97 Å². The van der Waals surface area contributed by atoms with Crippen LogP contribution in [-0.4, -0.2) is 16.2 Å². The minimum absolute atomic E-state index is 0.497. The van der Waals surface area contributed by atoms with E-state index in [0.717, 1.165) is 28.3 Å². The summed E-state index contributed by atoms with van der Waals surface area (Å²) in [6.45, 7) is 4.41. The highest BCUT2D eigenvalue weighted by molar-refractivity contribution is 5.80. The summed E-state index contributed by atoms with van der Waals surface area (Å²) in [6, 6.07) is 19.8. The van der Waals surface area contributed by atoms with Crippen molar-refractivity contribution in [3.63, 3.8) is 0 Å². The van der Waals surface area contributed by atoms with Crippen LogP contribution >= 0.6 is 0 Å². The van der Waals surface area contributed by atoms with Crippen LogP contribution in [0.5, 0.6) is 5.75 Å². The Bertz CT molecular complexity index is 825. The topological polar surface area (TPSA) is 59.4 Å². The zero-order valence-corrected chi connectivity index (χ0v) is 14.3. The van der Waals surface area contributed by atoms with E-state index in [1.54, 1.807) is 6.21 Å². The number of hydrazone groups is 1. The van der Waals surface area contributed by atoms with Gasteiger partial charge in [0.05, 0.1) is 6.21 Å². The summed E-state index contributed by atoms with van der Waals surface area (Å²) >= 11 is 0. The van der Waals surface area contributed by atoms with Crippen LogP contribution in [0.2, 0.25) is 0 Å². The zero-order valence-electron chi connectivity index (χ0n) is 14.3. The highest BCUT2D eigenvalue weighted by atomic mass is 16.5. The van der Waals surface area contributed by atoms with Gasteiger partial charge in [-0.15, -0.1) is 0 Å². The van der Waals surface area contributed by atoms with Gasteiger partial charge in [-0.25, -0.2) is 15.4 Å². The second kappa shape index (κ2) is 8.06. The number of aryl methyl sites for hydroxylation is 2. The van der Waals surface area contributed by atoms with Gasteiger partial charge in [0, 0.05) is 11.4 Å². The van der Waals surface area contributed by atoms with Gasteiger partial charge in [0.1, 0.15) is 12.4 Å². The van der Waals surface area contributed by atoms with E-state index in [1.807, 2.05) is 74.5 Å². The summed E-state index contributed by atoms with van der Waals surface area (Å²) in [5, 5.41) is 4.18. The monoisotopic (exact) mass is 332 g/mol. The molecule has 0 spiro atoms. The molecular formula is C20H20N4O. The van der Waals surface area contributed by atoms with E-state index in [1.165, 1.54) is 0 Å². The molecule has 1 aromatic heterocycles.